The summed E-state index contributed by atoms with van der Waals surface area (Å²) in [6, 6.07) is 11.6. The van der Waals surface area contributed by atoms with E-state index in [0.29, 0.717) is 33.8 Å². The first-order valence-electron chi connectivity index (χ1n) is 9.15. The van der Waals surface area contributed by atoms with Gasteiger partial charge in [-0.3, -0.25) is 9.59 Å². The maximum Gasteiger partial charge on any atom is 0.242 e. The number of hydrogen-bond donors (Lipinski definition) is 1. The van der Waals surface area contributed by atoms with Crippen LogP contribution in [0.25, 0.3) is 0 Å². The number of amides is 2. The van der Waals surface area contributed by atoms with Gasteiger partial charge in [0.15, 0.2) is 0 Å². The van der Waals surface area contributed by atoms with E-state index in [1.165, 1.54) is 4.90 Å². The number of likely N-dealkylation sites (N-methyl/N-ethyl adjacent to an activating group) is 1. The number of halogens is 3. The Morgan fingerprint density at radius 3 is 2.38 bits per heavy atom. The first-order valence-corrected chi connectivity index (χ1v) is 10.3. The average Bonchev–Trinajstić information content (AvgIpc) is 2.72. The lowest BCUT2D eigenvalue weighted by molar-refractivity contribution is -0.140. The summed E-state index contributed by atoms with van der Waals surface area (Å²) in [5, 5.41) is 4.06. The van der Waals surface area contributed by atoms with E-state index in [1.54, 1.807) is 56.4 Å². The van der Waals surface area contributed by atoms with Gasteiger partial charge in [0.1, 0.15) is 11.8 Å². The van der Waals surface area contributed by atoms with Crippen LogP contribution in [0.15, 0.2) is 42.5 Å². The number of nitrogens with one attached hydrogen (secondary N) is 1. The second-order valence-corrected chi connectivity index (χ2v) is 7.72. The van der Waals surface area contributed by atoms with Crippen LogP contribution in [-0.4, -0.2) is 36.4 Å². The molecule has 0 unspecified atom stereocenters. The summed E-state index contributed by atoms with van der Waals surface area (Å²) in [4.78, 5) is 26.5. The van der Waals surface area contributed by atoms with Gasteiger partial charge in [-0.1, -0.05) is 40.9 Å². The largest absolute Gasteiger partial charge is 0.494 e. The van der Waals surface area contributed by atoms with Crippen LogP contribution in [0.3, 0.4) is 0 Å². The summed E-state index contributed by atoms with van der Waals surface area (Å²) >= 11 is 17.9. The van der Waals surface area contributed by atoms with Gasteiger partial charge >= 0.3 is 0 Å². The molecule has 0 radical (unpaired) electrons. The van der Waals surface area contributed by atoms with Crippen LogP contribution in [0.1, 0.15) is 25.3 Å². The van der Waals surface area contributed by atoms with Gasteiger partial charge in [0, 0.05) is 25.0 Å². The van der Waals surface area contributed by atoms with Gasteiger partial charge in [0.2, 0.25) is 11.8 Å². The lowest BCUT2D eigenvalue weighted by Gasteiger charge is -2.28. The molecule has 0 heterocycles. The van der Waals surface area contributed by atoms with Gasteiger partial charge in [-0.2, -0.15) is 0 Å². The predicted molar refractivity (Wildman–Crippen MR) is 117 cm³/mol. The molecule has 0 aromatic heterocycles. The molecule has 1 atom stereocenters. The molecule has 0 aliphatic heterocycles. The number of nitrogens with zero attached hydrogens (tertiary/aromatic N) is 1. The van der Waals surface area contributed by atoms with E-state index >= 15 is 0 Å². The second-order valence-electron chi connectivity index (χ2n) is 6.47. The standard InChI is InChI=1S/C21H23Cl3N2O3/c1-14(21(28)25-2)26(13-15-5-10-18(23)19(24)12-15)20(27)4-3-11-29-17-8-6-16(22)7-9-17/h5-10,12,14H,3-4,11,13H2,1-2H3,(H,25,28)/t14-/m0/s1. The van der Waals surface area contributed by atoms with Crippen LogP contribution in [-0.2, 0) is 16.1 Å². The SMILES string of the molecule is CNC(=O)[C@H](C)N(Cc1ccc(Cl)c(Cl)c1)C(=O)CCCOc1ccc(Cl)cc1. The average molecular weight is 458 g/mol. The molecule has 2 aromatic carbocycles. The highest BCUT2D eigenvalue weighted by molar-refractivity contribution is 6.42. The number of carbonyl (C=O) groups is 2. The summed E-state index contributed by atoms with van der Waals surface area (Å²) < 4.78 is 5.63. The number of hydrogen-bond acceptors (Lipinski definition) is 3. The molecule has 156 valence electrons. The van der Waals surface area contributed by atoms with E-state index in [4.69, 9.17) is 39.5 Å². The zero-order valence-electron chi connectivity index (χ0n) is 16.3. The maximum atomic E-state index is 12.8. The summed E-state index contributed by atoms with van der Waals surface area (Å²) in [7, 11) is 1.54. The summed E-state index contributed by atoms with van der Waals surface area (Å²) in [5.74, 6) is 0.302. The van der Waals surface area contributed by atoms with Crippen molar-refractivity contribution < 1.29 is 14.3 Å². The molecule has 0 saturated heterocycles. The Labute approximate surface area is 185 Å². The Bertz CT molecular complexity index is 844. The van der Waals surface area contributed by atoms with Gasteiger partial charge in [0.05, 0.1) is 16.7 Å². The zero-order valence-corrected chi connectivity index (χ0v) is 18.5. The van der Waals surface area contributed by atoms with Crippen molar-refractivity contribution in [1.82, 2.24) is 10.2 Å². The van der Waals surface area contributed by atoms with Gasteiger partial charge in [-0.15, -0.1) is 0 Å². The number of rotatable bonds is 9. The van der Waals surface area contributed by atoms with Gasteiger partial charge < -0.3 is 15.0 Å². The molecule has 5 nitrogen and oxygen atoms in total. The van der Waals surface area contributed by atoms with Gasteiger partial charge in [-0.05, 0) is 55.3 Å². The molecule has 2 amide bonds. The quantitative estimate of drug-likeness (QED) is 0.541. The maximum absolute atomic E-state index is 12.8. The first kappa shape index (κ1) is 23.3. The Morgan fingerprint density at radius 2 is 1.76 bits per heavy atom. The van der Waals surface area contributed by atoms with Crippen molar-refractivity contribution in [2.24, 2.45) is 0 Å². The number of carbonyl (C=O) groups excluding carboxylic acids is 2. The van der Waals surface area contributed by atoms with Gasteiger partial charge in [-0.25, -0.2) is 0 Å². The zero-order chi connectivity index (χ0) is 21.4. The van der Waals surface area contributed by atoms with Crippen molar-refractivity contribution >= 4 is 46.6 Å². The Balaban J connectivity index is 1.98. The van der Waals surface area contributed by atoms with Gasteiger partial charge in [0.25, 0.3) is 0 Å². The molecule has 8 heteroatoms. The molecular weight excluding hydrogens is 435 g/mol. The Hall–Kier alpha value is -1.95. The molecule has 0 saturated carbocycles. The van der Waals surface area contributed by atoms with Crippen molar-refractivity contribution in [3.05, 3.63) is 63.1 Å². The number of benzene rings is 2. The minimum absolute atomic E-state index is 0.146. The summed E-state index contributed by atoms with van der Waals surface area (Å²) in [6.45, 7) is 2.32. The minimum Gasteiger partial charge on any atom is -0.494 e. The third kappa shape index (κ3) is 7.11. The molecule has 2 rings (SSSR count). The fraction of sp³-hybridized carbons (Fsp3) is 0.333. The first-order chi connectivity index (χ1) is 13.8. The third-order valence-corrected chi connectivity index (χ3v) is 5.36. The van der Waals surface area contributed by atoms with Crippen LogP contribution in [0.5, 0.6) is 5.75 Å². The van der Waals surface area contributed by atoms with Crippen LogP contribution in [0.4, 0.5) is 0 Å². The molecule has 0 aliphatic rings. The van der Waals surface area contributed by atoms with E-state index in [1.807, 2.05) is 0 Å². The van der Waals surface area contributed by atoms with E-state index in [0.717, 1.165) is 5.56 Å². The molecule has 0 spiro atoms. The molecule has 0 aliphatic carbocycles. The van der Waals surface area contributed by atoms with Crippen LogP contribution < -0.4 is 10.1 Å². The van der Waals surface area contributed by atoms with Crippen molar-refractivity contribution in [1.29, 1.82) is 0 Å². The fourth-order valence-electron chi connectivity index (χ4n) is 2.71. The number of ether oxygens (including phenoxy) is 1. The minimum atomic E-state index is -0.626. The van der Waals surface area contributed by atoms with E-state index < -0.39 is 6.04 Å². The second kappa shape index (κ2) is 11.3. The van der Waals surface area contributed by atoms with Crippen LogP contribution >= 0.6 is 34.8 Å². The van der Waals surface area contributed by atoms with Crippen LogP contribution in [0.2, 0.25) is 15.1 Å². The lowest BCUT2D eigenvalue weighted by Crippen LogP contribution is -2.46. The third-order valence-electron chi connectivity index (χ3n) is 4.37. The van der Waals surface area contributed by atoms with Crippen LogP contribution in [0, 0.1) is 0 Å². The smallest absolute Gasteiger partial charge is 0.242 e. The topological polar surface area (TPSA) is 58.6 Å². The molecular formula is C21H23Cl3N2O3. The fourth-order valence-corrected chi connectivity index (χ4v) is 3.16. The highest BCUT2D eigenvalue weighted by atomic mass is 35.5. The predicted octanol–water partition coefficient (Wildman–Crippen LogP) is 4.97. The molecule has 2 aromatic rings. The van der Waals surface area contributed by atoms with Crippen molar-refractivity contribution in [3.63, 3.8) is 0 Å². The van der Waals surface area contributed by atoms with E-state index in [-0.39, 0.29) is 24.8 Å². The van der Waals surface area contributed by atoms with Crippen molar-refractivity contribution in [3.8, 4) is 5.75 Å². The summed E-state index contributed by atoms with van der Waals surface area (Å²) in [5.41, 5.74) is 0.793. The Morgan fingerprint density at radius 1 is 1.07 bits per heavy atom. The lowest BCUT2D eigenvalue weighted by atomic mass is 10.1. The summed E-state index contributed by atoms with van der Waals surface area (Å²) in [6.07, 6.45) is 0.760. The van der Waals surface area contributed by atoms with E-state index in [2.05, 4.69) is 5.32 Å². The highest BCUT2D eigenvalue weighted by Crippen LogP contribution is 2.24. The van der Waals surface area contributed by atoms with Crippen molar-refractivity contribution in [2.45, 2.75) is 32.4 Å². The highest BCUT2D eigenvalue weighted by Gasteiger charge is 2.25. The van der Waals surface area contributed by atoms with Crippen molar-refractivity contribution in [2.75, 3.05) is 13.7 Å². The monoisotopic (exact) mass is 456 g/mol. The molecule has 0 fully saturated rings. The normalized spacial score (nSPS) is 11.6. The van der Waals surface area contributed by atoms with E-state index in [9.17, 15) is 9.59 Å². The molecule has 29 heavy (non-hydrogen) atoms. The molecule has 0 bridgehead atoms. The molecule has 1 N–H and O–H groups in total. The Kier molecular flexibility index (Phi) is 9.08.